The number of sulfonamides is 1. The summed E-state index contributed by atoms with van der Waals surface area (Å²) in [7, 11) is -2.17. The van der Waals surface area contributed by atoms with Gasteiger partial charge in [-0.3, -0.25) is 4.79 Å². The number of benzene rings is 2. The van der Waals surface area contributed by atoms with Crippen molar-refractivity contribution in [3.05, 3.63) is 59.2 Å². The van der Waals surface area contributed by atoms with Gasteiger partial charge in [0.05, 0.1) is 7.11 Å². The van der Waals surface area contributed by atoms with E-state index in [1.165, 1.54) is 11.4 Å². The number of piperidine rings is 1. The van der Waals surface area contributed by atoms with E-state index in [2.05, 4.69) is 5.32 Å². The maximum absolute atomic E-state index is 13.1. The first-order valence-corrected chi connectivity index (χ1v) is 10.8. The summed E-state index contributed by atoms with van der Waals surface area (Å²) in [6, 6.07) is 12.4. The number of rotatable bonds is 5. The maximum atomic E-state index is 13.1. The molecule has 0 atom stereocenters. The second-order valence-corrected chi connectivity index (χ2v) is 9.01. The van der Waals surface area contributed by atoms with Crippen molar-refractivity contribution in [2.24, 2.45) is 0 Å². The van der Waals surface area contributed by atoms with Gasteiger partial charge in [0, 0.05) is 24.7 Å². The van der Waals surface area contributed by atoms with Crippen LogP contribution in [0.3, 0.4) is 0 Å². The Hall–Kier alpha value is -2.38. The molecule has 1 aliphatic rings. The van der Waals surface area contributed by atoms with Crippen LogP contribution in [0.15, 0.2) is 47.4 Å². The summed E-state index contributed by atoms with van der Waals surface area (Å²) in [5, 5.41) is 3.00. The van der Waals surface area contributed by atoms with Crippen LogP contribution >= 0.6 is 0 Å². The van der Waals surface area contributed by atoms with Crippen LogP contribution in [0.25, 0.3) is 0 Å². The molecule has 0 spiro atoms. The summed E-state index contributed by atoms with van der Waals surface area (Å²) >= 11 is 0. The maximum Gasteiger partial charge on any atom is 0.251 e. The number of carbonyl (C=O) groups excluding carboxylic acids is 1. The average molecular weight is 403 g/mol. The number of hydrogen-bond donors (Lipinski definition) is 1. The second-order valence-electron chi connectivity index (χ2n) is 7.11. The summed E-state index contributed by atoms with van der Waals surface area (Å²) in [6.07, 6.45) is 1.15. The number of methoxy groups -OCH3 is 1. The number of carbonyl (C=O) groups is 1. The van der Waals surface area contributed by atoms with Gasteiger partial charge in [-0.15, -0.1) is 0 Å². The van der Waals surface area contributed by atoms with Gasteiger partial charge in [0.1, 0.15) is 10.6 Å². The van der Waals surface area contributed by atoms with Crippen molar-refractivity contribution in [1.82, 2.24) is 9.62 Å². The molecule has 0 aliphatic carbocycles. The Bertz CT molecular complexity index is 950. The van der Waals surface area contributed by atoms with E-state index in [-0.39, 0.29) is 16.8 Å². The fourth-order valence-electron chi connectivity index (χ4n) is 3.36. The van der Waals surface area contributed by atoms with Crippen LogP contribution in [0.4, 0.5) is 0 Å². The Balaban J connectivity index is 1.69. The molecule has 0 aromatic heterocycles. The molecule has 3 rings (SSSR count). The Morgan fingerprint density at radius 3 is 2.29 bits per heavy atom. The zero-order chi connectivity index (χ0) is 20.3. The van der Waals surface area contributed by atoms with E-state index >= 15 is 0 Å². The van der Waals surface area contributed by atoms with Crippen molar-refractivity contribution in [3.63, 3.8) is 0 Å². The third-order valence-corrected chi connectivity index (χ3v) is 7.14. The van der Waals surface area contributed by atoms with Crippen molar-refractivity contribution in [3.8, 4) is 5.75 Å². The minimum Gasteiger partial charge on any atom is -0.495 e. The molecular formula is C21H26N2O4S. The first-order valence-electron chi connectivity index (χ1n) is 9.34. The Morgan fingerprint density at radius 1 is 1.07 bits per heavy atom. The summed E-state index contributed by atoms with van der Waals surface area (Å²) in [5.41, 5.74) is 2.50. The topological polar surface area (TPSA) is 75.7 Å². The van der Waals surface area contributed by atoms with Crippen LogP contribution in [0.2, 0.25) is 0 Å². The normalized spacial score (nSPS) is 16.0. The van der Waals surface area contributed by atoms with Crippen molar-refractivity contribution < 1.29 is 17.9 Å². The molecule has 28 heavy (non-hydrogen) atoms. The predicted molar refractivity (Wildman–Crippen MR) is 108 cm³/mol. The van der Waals surface area contributed by atoms with Gasteiger partial charge < -0.3 is 10.1 Å². The molecule has 2 aromatic carbocycles. The van der Waals surface area contributed by atoms with Crippen molar-refractivity contribution in [2.45, 2.75) is 37.6 Å². The molecule has 0 saturated carbocycles. The highest BCUT2D eigenvalue weighted by Crippen LogP contribution is 2.31. The molecule has 1 N–H and O–H groups in total. The lowest BCUT2D eigenvalue weighted by molar-refractivity contribution is 0.0924. The molecule has 0 radical (unpaired) electrons. The molecule has 1 aliphatic heterocycles. The number of hydrogen-bond acceptors (Lipinski definition) is 4. The molecule has 150 valence electrons. The first-order chi connectivity index (χ1) is 13.3. The highest BCUT2D eigenvalue weighted by Gasteiger charge is 2.32. The van der Waals surface area contributed by atoms with Gasteiger partial charge >= 0.3 is 0 Å². The molecule has 0 bridgehead atoms. The minimum atomic E-state index is -3.65. The molecular weight excluding hydrogens is 376 g/mol. The van der Waals surface area contributed by atoms with E-state index in [1.807, 2.05) is 32.0 Å². The van der Waals surface area contributed by atoms with Gasteiger partial charge in [0.15, 0.2) is 0 Å². The molecule has 1 fully saturated rings. The summed E-state index contributed by atoms with van der Waals surface area (Å²) in [6.45, 7) is 4.53. The Morgan fingerprint density at radius 2 is 1.68 bits per heavy atom. The molecule has 2 aromatic rings. The summed E-state index contributed by atoms with van der Waals surface area (Å²) in [4.78, 5) is 12.5. The fraction of sp³-hybridized carbons (Fsp3) is 0.381. The molecule has 7 heteroatoms. The van der Waals surface area contributed by atoms with E-state index in [9.17, 15) is 13.2 Å². The number of amides is 1. The quantitative estimate of drug-likeness (QED) is 0.834. The highest BCUT2D eigenvalue weighted by molar-refractivity contribution is 7.89. The Labute approximate surface area is 166 Å². The second kappa shape index (κ2) is 8.32. The lowest BCUT2D eigenvalue weighted by atomic mass is 10.1. The van der Waals surface area contributed by atoms with Crippen LogP contribution in [0.1, 0.15) is 34.3 Å². The van der Waals surface area contributed by atoms with Gasteiger partial charge in [0.25, 0.3) is 5.91 Å². The van der Waals surface area contributed by atoms with Gasteiger partial charge in [-0.2, -0.15) is 4.31 Å². The van der Waals surface area contributed by atoms with Crippen molar-refractivity contribution in [2.75, 3.05) is 20.2 Å². The summed E-state index contributed by atoms with van der Waals surface area (Å²) < 4.78 is 33.1. The van der Waals surface area contributed by atoms with Crippen LogP contribution in [-0.4, -0.2) is 44.9 Å². The molecule has 0 unspecified atom stereocenters. The van der Waals surface area contributed by atoms with Crippen LogP contribution < -0.4 is 10.1 Å². The van der Waals surface area contributed by atoms with E-state index in [0.29, 0.717) is 37.2 Å². The van der Waals surface area contributed by atoms with Gasteiger partial charge in [-0.05, 0) is 62.1 Å². The molecule has 1 heterocycles. The highest BCUT2D eigenvalue weighted by atomic mass is 32.2. The van der Waals surface area contributed by atoms with E-state index in [1.54, 1.807) is 24.3 Å². The van der Waals surface area contributed by atoms with E-state index < -0.39 is 10.0 Å². The number of aryl methyl sites for hydroxylation is 2. The average Bonchev–Trinajstić information content (AvgIpc) is 2.70. The smallest absolute Gasteiger partial charge is 0.251 e. The van der Waals surface area contributed by atoms with Gasteiger partial charge in [-0.1, -0.05) is 18.2 Å². The lowest BCUT2D eigenvalue weighted by Crippen LogP contribution is -2.46. The van der Waals surface area contributed by atoms with Crippen molar-refractivity contribution >= 4 is 15.9 Å². The first kappa shape index (κ1) is 20.4. The number of ether oxygens (including phenoxy) is 1. The van der Waals surface area contributed by atoms with Crippen LogP contribution in [0.5, 0.6) is 5.75 Å². The largest absolute Gasteiger partial charge is 0.495 e. The predicted octanol–water partition coefficient (Wildman–Crippen LogP) is 2.90. The number of nitrogens with one attached hydrogen (secondary N) is 1. The standard InChI is InChI=1S/C21H26N2O4S/c1-15-13-19(27-3)20(14-16(15)2)28(25,26)23-11-9-18(10-12-23)22-21(24)17-7-5-4-6-8-17/h4-8,13-14,18H,9-12H2,1-3H3,(H,22,24). The van der Waals surface area contributed by atoms with Crippen LogP contribution in [0, 0.1) is 13.8 Å². The monoisotopic (exact) mass is 402 g/mol. The fourth-order valence-corrected chi connectivity index (χ4v) is 5.05. The third kappa shape index (κ3) is 4.20. The van der Waals surface area contributed by atoms with E-state index in [0.717, 1.165) is 11.1 Å². The van der Waals surface area contributed by atoms with Gasteiger partial charge in [-0.25, -0.2) is 8.42 Å². The van der Waals surface area contributed by atoms with Crippen molar-refractivity contribution in [1.29, 1.82) is 0 Å². The number of nitrogens with zero attached hydrogens (tertiary/aromatic N) is 1. The Kier molecular flexibility index (Phi) is 6.05. The van der Waals surface area contributed by atoms with Gasteiger partial charge in [0.2, 0.25) is 10.0 Å². The molecule has 6 nitrogen and oxygen atoms in total. The van der Waals surface area contributed by atoms with E-state index in [4.69, 9.17) is 4.74 Å². The summed E-state index contributed by atoms with van der Waals surface area (Å²) in [5.74, 6) is 0.236. The zero-order valence-corrected chi connectivity index (χ0v) is 17.3. The SMILES string of the molecule is COc1cc(C)c(C)cc1S(=O)(=O)N1CCC(NC(=O)c2ccccc2)CC1. The van der Waals surface area contributed by atoms with Crippen LogP contribution in [-0.2, 0) is 10.0 Å². The zero-order valence-electron chi connectivity index (χ0n) is 16.4. The molecule has 1 saturated heterocycles. The minimum absolute atomic E-state index is 0.0409. The third-order valence-electron chi connectivity index (χ3n) is 5.22. The molecule has 1 amide bonds. The lowest BCUT2D eigenvalue weighted by Gasteiger charge is -2.32.